The van der Waals surface area contributed by atoms with E-state index in [9.17, 15) is 9.90 Å². The number of aromatic carboxylic acids is 1. The Hall–Kier alpha value is -3.86. The van der Waals surface area contributed by atoms with E-state index >= 15 is 0 Å². The van der Waals surface area contributed by atoms with Gasteiger partial charge >= 0.3 is 5.97 Å². The Kier molecular flexibility index (Phi) is 4.05. The van der Waals surface area contributed by atoms with Gasteiger partial charge in [0.05, 0.1) is 36.1 Å². The Balaban J connectivity index is 2.05. The number of ether oxygens (including phenoxy) is 1. The molecule has 25 heavy (non-hydrogen) atoms. The number of carboxylic acids is 1. The van der Waals surface area contributed by atoms with E-state index in [0.29, 0.717) is 22.4 Å². The number of benzene rings is 1. The fourth-order valence-electron chi connectivity index (χ4n) is 2.32. The Bertz CT molecular complexity index is 987. The maximum absolute atomic E-state index is 10.9. The van der Waals surface area contributed by atoms with Crippen LogP contribution in [0.15, 0.2) is 42.7 Å². The van der Waals surface area contributed by atoms with Crippen LogP contribution in [-0.4, -0.2) is 38.1 Å². The Labute approximate surface area is 142 Å². The van der Waals surface area contributed by atoms with Gasteiger partial charge in [0.1, 0.15) is 5.75 Å². The highest BCUT2D eigenvalue weighted by molar-refractivity contribution is 5.87. The lowest BCUT2D eigenvalue weighted by Gasteiger charge is -2.08. The molecule has 1 aromatic carbocycles. The number of methoxy groups -OCH3 is 1. The van der Waals surface area contributed by atoms with Crippen LogP contribution in [0.25, 0.3) is 16.9 Å². The third kappa shape index (κ3) is 2.86. The summed E-state index contributed by atoms with van der Waals surface area (Å²) >= 11 is 0. The van der Waals surface area contributed by atoms with E-state index in [0.717, 1.165) is 0 Å². The van der Waals surface area contributed by atoms with Crippen molar-refractivity contribution >= 4 is 5.97 Å². The molecule has 0 amide bonds. The topological polar surface area (TPSA) is 121 Å². The van der Waals surface area contributed by atoms with Gasteiger partial charge in [-0.05, 0) is 30.3 Å². The molecule has 2 heterocycles. The second-order valence-electron chi connectivity index (χ2n) is 5.03. The highest BCUT2D eigenvalue weighted by Gasteiger charge is 2.17. The normalized spacial score (nSPS) is 10.2. The average molecular weight is 336 g/mol. The molecule has 0 aliphatic carbocycles. The highest BCUT2D eigenvalue weighted by Crippen LogP contribution is 2.37. The number of nitrogens with zero attached hydrogens (tertiary/aromatic N) is 4. The zero-order valence-electron chi connectivity index (χ0n) is 13.0. The van der Waals surface area contributed by atoms with Crippen LogP contribution < -0.4 is 4.74 Å². The van der Waals surface area contributed by atoms with Crippen molar-refractivity contribution in [3.63, 3.8) is 0 Å². The van der Waals surface area contributed by atoms with Gasteiger partial charge in [-0.25, -0.2) is 9.78 Å². The molecule has 3 aromatic rings. The molecule has 0 fully saturated rings. The zero-order chi connectivity index (χ0) is 18.0. The summed E-state index contributed by atoms with van der Waals surface area (Å²) in [5.74, 6) is -0.588. The van der Waals surface area contributed by atoms with E-state index < -0.39 is 5.97 Å². The summed E-state index contributed by atoms with van der Waals surface area (Å²) in [5.41, 5.74) is 1.42. The van der Waals surface area contributed by atoms with Gasteiger partial charge in [0.2, 0.25) is 5.88 Å². The lowest BCUT2D eigenvalue weighted by molar-refractivity contribution is 0.0696. The van der Waals surface area contributed by atoms with Crippen molar-refractivity contribution in [2.24, 2.45) is 0 Å². The first-order valence-electron chi connectivity index (χ1n) is 7.10. The van der Waals surface area contributed by atoms with Crippen molar-refractivity contribution in [2.75, 3.05) is 7.11 Å². The number of rotatable bonds is 4. The third-order valence-electron chi connectivity index (χ3n) is 3.58. The number of hydrogen-bond acceptors (Lipinski definition) is 6. The SMILES string of the molecule is COc1cc(C#N)ccc1-c1cnn(-c2ccc(C(=O)O)cn2)c1O. The zero-order valence-corrected chi connectivity index (χ0v) is 13.0. The van der Waals surface area contributed by atoms with E-state index in [4.69, 9.17) is 15.1 Å². The first-order valence-corrected chi connectivity index (χ1v) is 7.10. The molecule has 0 aliphatic heterocycles. The van der Waals surface area contributed by atoms with Crippen molar-refractivity contribution in [1.82, 2.24) is 14.8 Å². The van der Waals surface area contributed by atoms with E-state index in [-0.39, 0.29) is 17.3 Å². The maximum atomic E-state index is 10.9. The molecule has 0 bridgehead atoms. The van der Waals surface area contributed by atoms with Crippen molar-refractivity contribution in [3.8, 4) is 34.6 Å². The monoisotopic (exact) mass is 336 g/mol. The molecule has 2 N–H and O–H groups in total. The molecule has 0 radical (unpaired) electrons. The van der Waals surface area contributed by atoms with Crippen LogP contribution in [0.4, 0.5) is 0 Å². The van der Waals surface area contributed by atoms with Gasteiger partial charge in [-0.2, -0.15) is 15.0 Å². The van der Waals surface area contributed by atoms with Crippen LogP contribution in [0.5, 0.6) is 11.6 Å². The van der Waals surface area contributed by atoms with E-state index in [2.05, 4.69) is 10.1 Å². The number of carbonyl (C=O) groups is 1. The fraction of sp³-hybridized carbons (Fsp3) is 0.0588. The van der Waals surface area contributed by atoms with Gasteiger partial charge in [0, 0.05) is 11.8 Å². The van der Waals surface area contributed by atoms with Crippen LogP contribution in [0.3, 0.4) is 0 Å². The lowest BCUT2D eigenvalue weighted by Crippen LogP contribution is -2.02. The minimum absolute atomic E-state index is 0.0318. The maximum Gasteiger partial charge on any atom is 0.337 e. The quantitative estimate of drug-likeness (QED) is 0.749. The van der Waals surface area contributed by atoms with Gasteiger partial charge in [-0.15, -0.1) is 0 Å². The summed E-state index contributed by atoms with van der Waals surface area (Å²) in [6.07, 6.45) is 2.62. The predicted molar refractivity (Wildman–Crippen MR) is 86.7 cm³/mol. The number of hydrogen-bond donors (Lipinski definition) is 2. The van der Waals surface area contributed by atoms with E-state index in [1.54, 1.807) is 18.2 Å². The van der Waals surface area contributed by atoms with Crippen LogP contribution >= 0.6 is 0 Å². The predicted octanol–water partition coefficient (Wildman–Crippen LogP) is 2.22. The van der Waals surface area contributed by atoms with Gasteiger partial charge in [-0.1, -0.05) is 0 Å². The molecule has 8 heteroatoms. The molecule has 0 spiro atoms. The average Bonchev–Trinajstić information content (AvgIpc) is 3.02. The molecule has 124 valence electrons. The van der Waals surface area contributed by atoms with Crippen molar-refractivity contribution < 1.29 is 19.7 Å². The summed E-state index contributed by atoms with van der Waals surface area (Å²) in [6.45, 7) is 0. The Morgan fingerprint density at radius 3 is 2.64 bits per heavy atom. The van der Waals surface area contributed by atoms with E-state index in [1.807, 2.05) is 6.07 Å². The minimum atomic E-state index is -1.09. The van der Waals surface area contributed by atoms with Crippen molar-refractivity contribution in [3.05, 3.63) is 53.9 Å². The number of aromatic nitrogens is 3. The second-order valence-corrected chi connectivity index (χ2v) is 5.03. The molecule has 8 nitrogen and oxygen atoms in total. The van der Waals surface area contributed by atoms with Crippen molar-refractivity contribution in [2.45, 2.75) is 0 Å². The smallest absolute Gasteiger partial charge is 0.337 e. The van der Waals surface area contributed by atoms with Crippen molar-refractivity contribution in [1.29, 1.82) is 5.26 Å². The fourth-order valence-corrected chi connectivity index (χ4v) is 2.32. The third-order valence-corrected chi connectivity index (χ3v) is 3.58. The molecule has 0 saturated carbocycles. The summed E-state index contributed by atoms with van der Waals surface area (Å²) in [6, 6.07) is 9.65. The van der Waals surface area contributed by atoms with Gasteiger partial charge in [-0.3, -0.25) is 0 Å². The molecule has 3 rings (SSSR count). The minimum Gasteiger partial charge on any atom is -0.496 e. The molecule has 0 unspecified atom stereocenters. The molecule has 2 aromatic heterocycles. The number of nitriles is 1. The summed E-state index contributed by atoms with van der Waals surface area (Å²) in [4.78, 5) is 14.9. The molecule has 0 aliphatic rings. The number of carboxylic acid groups (broad SMARTS) is 1. The molecule has 0 saturated heterocycles. The lowest BCUT2D eigenvalue weighted by atomic mass is 10.1. The van der Waals surface area contributed by atoms with Gasteiger partial charge < -0.3 is 14.9 Å². The Morgan fingerprint density at radius 1 is 1.24 bits per heavy atom. The highest BCUT2D eigenvalue weighted by atomic mass is 16.5. The van der Waals surface area contributed by atoms with Crippen LogP contribution in [0.1, 0.15) is 15.9 Å². The molecule has 0 atom stereocenters. The van der Waals surface area contributed by atoms with Crippen LogP contribution in [0.2, 0.25) is 0 Å². The number of aromatic hydroxyl groups is 1. The number of pyridine rings is 1. The first kappa shape index (κ1) is 16.0. The summed E-state index contributed by atoms with van der Waals surface area (Å²) < 4.78 is 6.45. The standard InChI is InChI=1S/C17H12N4O4/c1-25-14-6-10(7-18)2-4-12(14)13-9-20-21(16(13)22)15-5-3-11(8-19-15)17(23)24/h2-6,8-9,22H,1H3,(H,23,24). The van der Waals surface area contributed by atoms with Gasteiger partial charge in [0.25, 0.3) is 0 Å². The Morgan fingerprint density at radius 2 is 2.04 bits per heavy atom. The first-order chi connectivity index (χ1) is 12.0. The van der Waals surface area contributed by atoms with Crippen LogP contribution in [-0.2, 0) is 0 Å². The summed E-state index contributed by atoms with van der Waals surface area (Å²) in [7, 11) is 1.47. The van der Waals surface area contributed by atoms with E-state index in [1.165, 1.54) is 36.3 Å². The summed E-state index contributed by atoms with van der Waals surface area (Å²) in [5, 5.41) is 32.4. The largest absolute Gasteiger partial charge is 0.496 e. The second kappa shape index (κ2) is 6.33. The van der Waals surface area contributed by atoms with Gasteiger partial charge in [0.15, 0.2) is 5.82 Å². The molecular weight excluding hydrogens is 324 g/mol. The molecular formula is C17H12N4O4. The van der Waals surface area contributed by atoms with Crippen LogP contribution in [0, 0.1) is 11.3 Å².